The van der Waals surface area contributed by atoms with Crippen LogP contribution < -0.4 is 10.1 Å². The van der Waals surface area contributed by atoms with Gasteiger partial charge in [0.25, 0.3) is 0 Å². The molecule has 0 spiro atoms. The van der Waals surface area contributed by atoms with Crippen molar-refractivity contribution in [3.63, 3.8) is 0 Å². The smallest absolute Gasteiger partial charge is 0.235 e. The Kier molecular flexibility index (Phi) is 3.71. The fraction of sp³-hybridized carbons (Fsp3) is 0.357. The lowest BCUT2D eigenvalue weighted by molar-refractivity contribution is 0.114. The number of halogens is 1. The van der Waals surface area contributed by atoms with E-state index in [0.717, 1.165) is 25.3 Å². The van der Waals surface area contributed by atoms with Crippen molar-refractivity contribution in [3.05, 3.63) is 47.6 Å². The van der Waals surface area contributed by atoms with E-state index in [1.807, 2.05) is 24.3 Å². The summed E-state index contributed by atoms with van der Waals surface area (Å²) in [5, 5.41) is 4.04. The van der Waals surface area contributed by atoms with E-state index in [0.29, 0.717) is 16.8 Å². The lowest BCUT2D eigenvalue weighted by Crippen LogP contribution is -2.21. The number of aromatic nitrogens is 1. The maximum absolute atomic E-state index is 6.04. The lowest BCUT2D eigenvalue weighted by Gasteiger charge is -2.21. The van der Waals surface area contributed by atoms with Crippen molar-refractivity contribution in [1.29, 1.82) is 0 Å². The van der Waals surface area contributed by atoms with Crippen LogP contribution >= 0.6 is 11.6 Å². The maximum atomic E-state index is 6.04. The zero-order valence-electron chi connectivity index (χ0n) is 10.4. The van der Waals surface area contributed by atoms with Crippen LogP contribution in [-0.4, -0.2) is 18.1 Å². The quantitative estimate of drug-likeness (QED) is 0.934. The molecule has 1 fully saturated rings. The van der Waals surface area contributed by atoms with Gasteiger partial charge in [-0.05, 0) is 37.2 Å². The van der Waals surface area contributed by atoms with Gasteiger partial charge in [0.15, 0.2) is 6.10 Å². The van der Waals surface area contributed by atoms with E-state index < -0.39 is 0 Å². The first kappa shape index (κ1) is 12.5. The van der Waals surface area contributed by atoms with E-state index >= 15 is 0 Å². The molecule has 1 aliphatic rings. The molecule has 1 aliphatic heterocycles. The first-order valence-corrected chi connectivity index (χ1v) is 6.73. The molecule has 3 rings (SSSR count). The number of nitrogens with zero attached hydrogens (tertiary/aromatic N) is 1. The predicted octanol–water partition coefficient (Wildman–Crippen LogP) is 3.06. The number of oxazole rings is 1. The van der Waals surface area contributed by atoms with Gasteiger partial charge in [0, 0.05) is 17.5 Å². The second-order valence-corrected chi connectivity index (χ2v) is 5.05. The van der Waals surface area contributed by atoms with Gasteiger partial charge in [-0.15, -0.1) is 0 Å². The fourth-order valence-corrected chi connectivity index (χ4v) is 2.44. The van der Waals surface area contributed by atoms with Gasteiger partial charge >= 0.3 is 0 Å². The van der Waals surface area contributed by atoms with Crippen molar-refractivity contribution >= 4 is 11.6 Å². The molecule has 0 saturated carbocycles. The Morgan fingerprint density at radius 2 is 2.21 bits per heavy atom. The van der Waals surface area contributed by atoms with Crippen LogP contribution in [0.5, 0.6) is 5.75 Å². The summed E-state index contributed by atoms with van der Waals surface area (Å²) in [5.74, 6) is 1.78. The summed E-state index contributed by atoms with van der Waals surface area (Å²) >= 11 is 5.88. The largest absolute Gasteiger partial charge is 0.480 e. The van der Waals surface area contributed by atoms with Gasteiger partial charge in [-0.3, -0.25) is 0 Å². The number of hydrogen-bond donors (Lipinski definition) is 1. The van der Waals surface area contributed by atoms with Gasteiger partial charge in [-0.2, -0.15) is 0 Å². The van der Waals surface area contributed by atoms with Gasteiger partial charge in [0.05, 0.1) is 6.20 Å². The number of nitrogens with one attached hydrogen (secondary N) is 1. The Hall–Kier alpha value is -1.52. The molecule has 100 valence electrons. The predicted molar refractivity (Wildman–Crippen MR) is 72.3 cm³/mol. The minimum Gasteiger partial charge on any atom is -0.480 e. The van der Waals surface area contributed by atoms with Gasteiger partial charge in [-0.25, -0.2) is 4.98 Å². The third-order valence-electron chi connectivity index (χ3n) is 3.30. The molecule has 0 aliphatic carbocycles. The van der Waals surface area contributed by atoms with Gasteiger partial charge in [0.2, 0.25) is 5.89 Å². The average Bonchev–Trinajstić information content (AvgIpc) is 3.11. The summed E-state index contributed by atoms with van der Waals surface area (Å²) in [5.41, 5.74) is 0. The third-order valence-corrected chi connectivity index (χ3v) is 3.55. The highest BCUT2D eigenvalue weighted by atomic mass is 35.5. The summed E-state index contributed by atoms with van der Waals surface area (Å²) in [4.78, 5) is 4.23. The molecule has 0 bridgehead atoms. The van der Waals surface area contributed by atoms with Crippen LogP contribution in [0.2, 0.25) is 5.02 Å². The zero-order valence-corrected chi connectivity index (χ0v) is 11.1. The van der Waals surface area contributed by atoms with E-state index in [1.54, 1.807) is 12.5 Å². The summed E-state index contributed by atoms with van der Waals surface area (Å²) in [6.45, 7) is 1.92. The van der Waals surface area contributed by atoms with Crippen molar-refractivity contribution in [2.75, 3.05) is 13.1 Å². The molecular weight excluding hydrogens is 264 g/mol. The van der Waals surface area contributed by atoms with Crippen LogP contribution in [0.3, 0.4) is 0 Å². The van der Waals surface area contributed by atoms with Gasteiger partial charge in [0.1, 0.15) is 12.0 Å². The summed E-state index contributed by atoms with van der Waals surface area (Å²) in [7, 11) is 0. The Labute approximate surface area is 116 Å². The SMILES string of the molecule is Clc1ccc(O[C@H](c2ncco2)[C@@H]2CCNC2)cc1. The van der Waals surface area contributed by atoms with Crippen molar-refractivity contribution in [3.8, 4) is 5.75 Å². The molecule has 0 unspecified atom stereocenters. The molecule has 2 heterocycles. The van der Waals surface area contributed by atoms with E-state index in [-0.39, 0.29) is 6.10 Å². The highest BCUT2D eigenvalue weighted by molar-refractivity contribution is 6.30. The van der Waals surface area contributed by atoms with Crippen molar-refractivity contribution in [2.45, 2.75) is 12.5 Å². The number of ether oxygens (including phenoxy) is 1. The van der Waals surface area contributed by atoms with Crippen LogP contribution in [0.4, 0.5) is 0 Å². The van der Waals surface area contributed by atoms with E-state index in [1.165, 1.54) is 0 Å². The molecule has 4 nitrogen and oxygen atoms in total. The molecule has 5 heteroatoms. The standard InChI is InChI=1S/C14H15ClN2O2/c15-11-1-3-12(4-2-11)19-13(10-5-6-16-9-10)14-17-7-8-18-14/h1-4,7-8,10,13,16H,5-6,9H2/t10-,13+/m1/s1. The topological polar surface area (TPSA) is 47.3 Å². The molecule has 2 atom stereocenters. The van der Waals surface area contributed by atoms with E-state index in [9.17, 15) is 0 Å². The average molecular weight is 279 g/mol. The Morgan fingerprint density at radius 1 is 1.37 bits per heavy atom. The molecule has 0 amide bonds. The summed E-state index contributed by atoms with van der Waals surface area (Å²) in [6.07, 6.45) is 4.12. The van der Waals surface area contributed by atoms with Gasteiger partial charge in [-0.1, -0.05) is 11.6 Å². The monoisotopic (exact) mass is 278 g/mol. The highest BCUT2D eigenvalue weighted by Gasteiger charge is 2.31. The molecule has 1 aromatic heterocycles. The third kappa shape index (κ3) is 2.91. The first-order chi connectivity index (χ1) is 9.33. The van der Waals surface area contributed by atoms with E-state index in [2.05, 4.69) is 10.3 Å². The Morgan fingerprint density at radius 3 is 2.84 bits per heavy atom. The molecular formula is C14H15ClN2O2. The normalized spacial score (nSPS) is 20.4. The van der Waals surface area contributed by atoms with Crippen molar-refractivity contribution < 1.29 is 9.15 Å². The second-order valence-electron chi connectivity index (χ2n) is 4.62. The number of rotatable bonds is 4. The Bertz CT molecular complexity index is 507. The molecule has 1 saturated heterocycles. The van der Waals surface area contributed by atoms with E-state index in [4.69, 9.17) is 20.8 Å². The molecule has 19 heavy (non-hydrogen) atoms. The highest BCUT2D eigenvalue weighted by Crippen LogP contribution is 2.31. The fourth-order valence-electron chi connectivity index (χ4n) is 2.32. The van der Waals surface area contributed by atoms with Crippen LogP contribution in [0, 0.1) is 5.92 Å². The van der Waals surface area contributed by atoms with Crippen LogP contribution in [-0.2, 0) is 0 Å². The lowest BCUT2D eigenvalue weighted by atomic mass is 10.0. The van der Waals surface area contributed by atoms with Crippen LogP contribution in [0.25, 0.3) is 0 Å². The van der Waals surface area contributed by atoms with Crippen molar-refractivity contribution in [1.82, 2.24) is 10.3 Å². The summed E-state index contributed by atoms with van der Waals surface area (Å²) < 4.78 is 11.5. The Balaban J connectivity index is 1.81. The summed E-state index contributed by atoms with van der Waals surface area (Å²) in [6, 6.07) is 7.36. The minimum atomic E-state index is -0.161. The number of hydrogen-bond acceptors (Lipinski definition) is 4. The van der Waals surface area contributed by atoms with Crippen molar-refractivity contribution in [2.24, 2.45) is 5.92 Å². The first-order valence-electron chi connectivity index (χ1n) is 6.35. The minimum absolute atomic E-state index is 0.161. The number of benzene rings is 1. The van der Waals surface area contributed by atoms with Gasteiger partial charge < -0.3 is 14.5 Å². The molecule has 1 N–H and O–H groups in total. The van der Waals surface area contributed by atoms with Crippen LogP contribution in [0.1, 0.15) is 18.4 Å². The van der Waals surface area contributed by atoms with Crippen LogP contribution in [0.15, 0.2) is 41.1 Å². The second kappa shape index (κ2) is 5.63. The molecule has 2 aromatic rings. The zero-order chi connectivity index (χ0) is 13.1. The molecule has 0 radical (unpaired) electrons. The maximum Gasteiger partial charge on any atom is 0.235 e. The molecule has 1 aromatic carbocycles.